The summed E-state index contributed by atoms with van der Waals surface area (Å²) in [6.45, 7) is 0.642. The number of amides is 1. The second-order valence-electron chi connectivity index (χ2n) is 7.81. The molecular formula is C22H23FN9O3+. The minimum Gasteiger partial charge on any atom is -0.488 e. The Morgan fingerprint density at radius 3 is 2.71 bits per heavy atom. The number of nitrogen functional groups attached to an aromatic ring is 1. The van der Waals surface area contributed by atoms with Gasteiger partial charge in [0.1, 0.15) is 30.4 Å². The summed E-state index contributed by atoms with van der Waals surface area (Å²) in [7, 11) is 3.81. The van der Waals surface area contributed by atoms with Crippen LogP contribution < -0.4 is 20.8 Å². The van der Waals surface area contributed by atoms with E-state index in [4.69, 9.17) is 10.5 Å². The largest absolute Gasteiger partial charge is 0.488 e. The fourth-order valence-corrected chi connectivity index (χ4v) is 3.15. The van der Waals surface area contributed by atoms with Gasteiger partial charge in [-0.05, 0) is 40.1 Å². The third-order valence-electron chi connectivity index (χ3n) is 4.79. The van der Waals surface area contributed by atoms with Crippen LogP contribution in [-0.4, -0.2) is 51.5 Å². The summed E-state index contributed by atoms with van der Waals surface area (Å²) in [6.07, 6.45) is 1.46. The maximum absolute atomic E-state index is 13.1. The van der Waals surface area contributed by atoms with Gasteiger partial charge in [-0.1, -0.05) is 29.5 Å². The number of hydrogen-bond acceptors (Lipinski definition) is 9. The summed E-state index contributed by atoms with van der Waals surface area (Å²) in [5.74, 6) is -0.167. The van der Waals surface area contributed by atoms with Crippen LogP contribution in [0.3, 0.4) is 0 Å². The molecule has 35 heavy (non-hydrogen) atoms. The van der Waals surface area contributed by atoms with Crippen molar-refractivity contribution in [2.45, 2.75) is 13.2 Å². The number of carbonyl (C=O) groups excluding carboxylic acids is 1. The van der Waals surface area contributed by atoms with Gasteiger partial charge in [0.05, 0.1) is 20.3 Å². The summed E-state index contributed by atoms with van der Waals surface area (Å²) in [5.41, 5.74) is 10.2. The lowest BCUT2D eigenvalue weighted by molar-refractivity contribution is -0.873. The number of aromatic nitrogens is 5. The Balaban J connectivity index is 1.48. The summed E-state index contributed by atoms with van der Waals surface area (Å²) in [5, 5.41) is 19.3. The van der Waals surface area contributed by atoms with Crippen molar-refractivity contribution < 1.29 is 23.5 Å². The topological polar surface area (TPSA) is 151 Å². The van der Waals surface area contributed by atoms with E-state index in [1.165, 1.54) is 23.0 Å². The zero-order valence-electron chi connectivity index (χ0n) is 19.0. The van der Waals surface area contributed by atoms with Gasteiger partial charge in [-0.3, -0.25) is 4.79 Å². The number of benzene rings is 2. The lowest BCUT2D eigenvalue weighted by Crippen LogP contribution is -3.04. The van der Waals surface area contributed by atoms with E-state index in [-0.39, 0.29) is 29.8 Å². The van der Waals surface area contributed by atoms with E-state index in [9.17, 15) is 9.18 Å². The van der Waals surface area contributed by atoms with Crippen LogP contribution in [0.4, 0.5) is 10.2 Å². The van der Waals surface area contributed by atoms with E-state index in [1.54, 1.807) is 24.3 Å². The van der Waals surface area contributed by atoms with E-state index in [2.05, 4.69) is 35.8 Å². The lowest BCUT2D eigenvalue weighted by Gasteiger charge is -2.09. The number of para-hydroxylation sites is 1. The van der Waals surface area contributed by atoms with Crippen molar-refractivity contribution >= 4 is 17.9 Å². The number of rotatable bonds is 9. The average Bonchev–Trinajstić information content (AvgIpc) is 3.44. The Kier molecular flexibility index (Phi) is 7.07. The van der Waals surface area contributed by atoms with Gasteiger partial charge in [-0.25, -0.2) is 14.4 Å². The molecule has 0 aliphatic heterocycles. The van der Waals surface area contributed by atoms with Gasteiger partial charge >= 0.3 is 0 Å². The molecule has 0 atom stereocenters. The molecule has 4 N–H and O–H groups in total. The van der Waals surface area contributed by atoms with Gasteiger partial charge in [0.25, 0.3) is 5.91 Å². The van der Waals surface area contributed by atoms with Gasteiger partial charge in [-0.15, -0.1) is 5.10 Å². The quantitative estimate of drug-likeness (QED) is 0.229. The van der Waals surface area contributed by atoms with Crippen LogP contribution in [0.15, 0.2) is 58.3 Å². The SMILES string of the molecule is C[NH+](C)Cc1c(C(=O)NN=Cc2ccccc2OCc2ccc(F)cc2)nnn1-c1nonc1N. The molecule has 4 aromatic rings. The van der Waals surface area contributed by atoms with Crippen molar-refractivity contribution in [3.05, 3.63) is 76.9 Å². The molecule has 12 nitrogen and oxygen atoms in total. The summed E-state index contributed by atoms with van der Waals surface area (Å²) in [4.78, 5) is 13.8. The monoisotopic (exact) mass is 480 g/mol. The second-order valence-corrected chi connectivity index (χ2v) is 7.81. The summed E-state index contributed by atoms with van der Waals surface area (Å²) >= 11 is 0. The van der Waals surface area contributed by atoms with E-state index in [1.807, 2.05) is 26.2 Å². The van der Waals surface area contributed by atoms with Crippen molar-refractivity contribution in [3.63, 3.8) is 0 Å². The third-order valence-corrected chi connectivity index (χ3v) is 4.79. The van der Waals surface area contributed by atoms with E-state index >= 15 is 0 Å². The molecule has 0 aliphatic carbocycles. The van der Waals surface area contributed by atoms with Gasteiger partial charge in [0.15, 0.2) is 5.69 Å². The minimum atomic E-state index is -0.566. The number of halogens is 1. The molecule has 0 spiro atoms. The first-order chi connectivity index (χ1) is 16.9. The predicted octanol–water partition coefficient (Wildman–Crippen LogP) is 0.359. The number of quaternary nitrogens is 1. The van der Waals surface area contributed by atoms with Crippen LogP contribution in [0.1, 0.15) is 27.3 Å². The van der Waals surface area contributed by atoms with Crippen LogP contribution in [-0.2, 0) is 13.2 Å². The molecule has 0 saturated carbocycles. The first-order valence-corrected chi connectivity index (χ1v) is 10.5. The van der Waals surface area contributed by atoms with Crippen LogP contribution in [0.25, 0.3) is 5.82 Å². The summed E-state index contributed by atoms with van der Waals surface area (Å²) < 4.78 is 24.9. The Bertz CT molecular complexity index is 1330. The lowest BCUT2D eigenvalue weighted by atomic mass is 10.2. The van der Waals surface area contributed by atoms with Crippen molar-refractivity contribution in [1.29, 1.82) is 0 Å². The van der Waals surface area contributed by atoms with Gasteiger partial charge in [0, 0.05) is 5.56 Å². The number of carbonyl (C=O) groups is 1. The summed E-state index contributed by atoms with van der Waals surface area (Å²) in [6, 6.07) is 13.2. The highest BCUT2D eigenvalue weighted by molar-refractivity contribution is 5.94. The minimum absolute atomic E-state index is 0.0205. The van der Waals surface area contributed by atoms with Crippen molar-refractivity contribution in [3.8, 4) is 11.6 Å². The molecule has 0 bridgehead atoms. The molecule has 0 aliphatic rings. The fraction of sp³-hybridized carbons (Fsp3) is 0.182. The Labute approximate surface area is 199 Å². The Hall–Kier alpha value is -4.65. The number of nitrogens with two attached hydrogens (primary N) is 1. The van der Waals surface area contributed by atoms with Crippen molar-refractivity contribution in [1.82, 2.24) is 30.7 Å². The normalized spacial score (nSPS) is 11.3. The number of nitrogens with one attached hydrogen (secondary N) is 2. The molecule has 2 heterocycles. The molecule has 2 aromatic carbocycles. The molecule has 0 radical (unpaired) electrons. The Morgan fingerprint density at radius 1 is 1.23 bits per heavy atom. The van der Waals surface area contributed by atoms with E-state index in [0.717, 1.165) is 10.5 Å². The maximum atomic E-state index is 13.1. The van der Waals surface area contributed by atoms with Gasteiger partial charge in [-0.2, -0.15) is 9.78 Å². The van der Waals surface area contributed by atoms with Gasteiger partial charge < -0.3 is 15.4 Å². The molecule has 13 heteroatoms. The van der Waals surface area contributed by atoms with E-state index < -0.39 is 5.91 Å². The predicted molar refractivity (Wildman–Crippen MR) is 122 cm³/mol. The number of hydrazone groups is 1. The third kappa shape index (κ3) is 5.65. The molecule has 180 valence electrons. The molecule has 2 aromatic heterocycles. The second kappa shape index (κ2) is 10.5. The molecule has 0 unspecified atom stereocenters. The fourth-order valence-electron chi connectivity index (χ4n) is 3.15. The van der Waals surface area contributed by atoms with Crippen LogP contribution in [0.2, 0.25) is 0 Å². The van der Waals surface area contributed by atoms with Crippen molar-refractivity contribution in [2.75, 3.05) is 19.8 Å². The van der Waals surface area contributed by atoms with Crippen LogP contribution in [0, 0.1) is 5.82 Å². The Morgan fingerprint density at radius 2 is 2.00 bits per heavy atom. The maximum Gasteiger partial charge on any atom is 0.294 e. The average molecular weight is 480 g/mol. The van der Waals surface area contributed by atoms with Gasteiger partial charge in [0.2, 0.25) is 11.6 Å². The highest BCUT2D eigenvalue weighted by Gasteiger charge is 2.25. The number of anilines is 1. The highest BCUT2D eigenvalue weighted by atomic mass is 19.1. The molecule has 0 saturated heterocycles. The van der Waals surface area contributed by atoms with E-state index in [0.29, 0.717) is 23.6 Å². The van der Waals surface area contributed by atoms with Crippen molar-refractivity contribution in [2.24, 2.45) is 5.10 Å². The van der Waals surface area contributed by atoms with Crippen LogP contribution >= 0.6 is 0 Å². The first kappa shape index (κ1) is 23.5. The highest BCUT2D eigenvalue weighted by Crippen LogP contribution is 2.18. The number of hydrogen-bond donors (Lipinski definition) is 3. The molecule has 0 fully saturated rings. The van der Waals surface area contributed by atoms with Crippen LogP contribution in [0.5, 0.6) is 5.75 Å². The zero-order valence-corrected chi connectivity index (χ0v) is 19.0. The molecular weight excluding hydrogens is 457 g/mol. The number of ether oxygens (including phenoxy) is 1. The standard InChI is InChI=1S/C22H22FN9O3/c1-31(2)12-17-19(26-30-32(17)21-20(24)28-35-29-21)22(33)27-25-11-15-5-3-4-6-18(15)34-13-14-7-9-16(23)10-8-14/h3-11H,12-13H2,1-2H3,(H2,24,28)(H,27,33)/p+1. The smallest absolute Gasteiger partial charge is 0.294 e. The number of nitrogens with zero attached hydrogens (tertiary/aromatic N) is 6. The first-order valence-electron chi connectivity index (χ1n) is 10.5. The zero-order chi connectivity index (χ0) is 24.8. The molecule has 1 amide bonds. The molecule has 4 rings (SSSR count).